The van der Waals surface area contributed by atoms with Crippen molar-refractivity contribution < 1.29 is 18.3 Å². The number of rotatable bonds is 3. The molecule has 0 saturated carbocycles. The van der Waals surface area contributed by atoms with Crippen LogP contribution in [-0.4, -0.2) is 35.3 Å². The maximum absolute atomic E-state index is 12.0. The summed E-state index contributed by atoms with van der Waals surface area (Å²) in [6, 6.07) is -0.985. The first-order chi connectivity index (χ1) is 8.29. The average Bonchev–Trinajstić information content (AvgIpc) is 2.65. The lowest BCUT2D eigenvalue weighted by molar-refractivity contribution is -0.140. The molecule has 2 N–H and O–H groups in total. The van der Waals surface area contributed by atoms with Gasteiger partial charge < -0.3 is 5.11 Å². The molecule has 1 aromatic heterocycles. The van der Waals surface area contributed by atoms with E-state index in [9.17, 15) is 18.0 Å². The van der Waals surface area contributed by atoms with E-state index in [0.29, 0.717) is 12.2 Å². The summed E-state index contributed by atoms with van der Waals surface area (Å²) in [5.41, 5.74) is -0.926. The monoisotopic (exact) mass is 273 g/mol. The Hall–Kier alpha value is -1.90. The SMILES string of the molecule is CS(=O)(=O)Nc1cnc2n(c1=O)[C@H](C(=O)O)CC2. The van der Waals surface area contributed by atoms with Gasteiger partial charge in [-0.25, -0.2) is 18.2 Å². The second kappa shape index (κ2) is 4.09. The number of aromatic nitrogens is 2. The van der Waals surface area contributed by atoms with Crippen molar-refractivity contribution in [3.63, 3.8) is 0 Å². The fourth-order valence-corrected chi connectivity index (χ4v) is 2.45. The van der Waals surface area contributed by atoms with Crippen molar-refractivity contribution in [3.05, 3.63) is 22.4 Å². The van der Waals surface area contributed by atoms with Crippen molar-refractivity contribution in [1.29, 1.82) is 0 Å². The van der Waals surface area contributed by atoms with Crippen LogP contribution in [0.2, 0.25) is 0 Å². The summed E-state index contributed by atoms with van der Waals surface area (Å²) >= 11 is 0. The number of nitrogens with zero attached hydrogens (tertiary/aromatic N) is 2. The highest BCUT2D eigenvalue weighted by Crippen LogP contribution is 2.22. The number of fused-ring (bicyclic) bond motifs is 1. The first-order valence-corrected chi connectivity index (χ1v) is 7.00. The summed E-state index contributed by atoms with van der Waals surface area (Å²) in [4.78, 5) is 26.9. The summed E-state index contributed by atoms with van der Waals surface area (Å²) < 4.78 is 25.2. The van der Waals surface area contributed by atoms with Gasteiger partial charge in [-0.1, -0.05) is 0 Å². The molecule has 0 fully saturated rings. The number of hydrogen-bond donors (Lipinski definition) is 2. The smallest absolute Gasteiger partial charge is 0.326 e. The molecular formula is C9H11N3O5S. The Kier molecular flexibility index (Phi) is 2.85. The number of carboxylic acid groups (broad SMARTS) is 1. The fraction of sp³-hybridized carbons (Fsp3) is 0.444. The van der Waals surface area contributed by atoms with E-state index in [-0.39, 0.29) is 12.1 Å². The molecule has 0 aliphatic carbocycles. The Balaban J connectivity index is 2.54. The van der Waals surface area contributed by atoms with Gasteiger partial charge in [0.1, 0.15) is 17.6 Å². The number of aryl methyl sites for hydroxylation is 1. The predicted molar refractivity (Wildman–Crippen MR) is 62.0 cm³/mol. The van der Waals surface area contributed by atoms with Crippen molar-refractivity contribution >= 4 is 21.7 Å². The number of anilines is 1. The summed E-state index contributed by atoms with van der Waals surface area (Å²) in [7, 11) is -3.61. The van der Waals surface area contributed by atoms with Crippen LogP contribution in [0.3, 0.4) is 0 Å². The first kappa shape index (κ1) is 12.6. The molecule has 0 unspecified atom stereocenters. The number of carbonyl (C=O) groups is 1. The van der Waals surface area contributed by atoms with E-state index in [1.54, 1.807) is 0 Å². The summed E-state index contributed by atoms with van der Waals surface area (Å²) in [5.74, 6) is -0.777. The van der Waals surface area contributed by atoms with E-state index < -0.39 is 27.6 Å². The Labute approximate surface area is 102 Å². The topological polar surface area (TPSA) is 118 Å². The molecule has 18 heavy (non-hydrogen) atoms. The maximum atomic E-state index is 12.0. The molecule has 1 aliphatic rings. The van der Waals surface area contributed by atoms with E-state index in [4.69, 9.17) is 5.11 Å². The number of sulfonamides is 1. The molecule has 1 atom stereocenters. The molecule has 9 heteroatoms. The summed E-state index contributed by atoms with van der Waals surface area (Å²) in [5, 5.41) is 8.98. The van der Waals surface area contributed by atoms with Crippen molar-refractivity contribution in [2.45, 2.75) is 18.9 Å². The van der Waals surface area contributed by atoms with Crippen LogP contribution >= 0.6 is 0 Å². The lowest BCUT2D eigenvalue weighted by Gasteiger charge is -2.11. The van der Waals surface area contributed by atoms with Crippen LogP contribution in [0.1, 0.15) is 18.3 Å². The molecule has 0 spiro atoms. The van der Waals surface area contributed by atoms with Crippen LogP contribution in [0.5, 0.6) is 0 Å². The number of hydrogen-bond acceptors (Lipinski definition) is 5. The molecule has 2 rings (SSSR count). The third kappa shape index (κ3) is 2.21. The molecule has 2 heterocycles. The third-order valence-corrected chi connectivity index (χ3v) is 3.19. The molecule has 0 aromatic carbocycles. The van der Waals surface area contributed by atoms with Gasteiger partial charge in [0.05, 0.1) is 12.5 Å². The van der Waals surface area contributed by atoms with Gasteiger partial charge in [0.15, 0.2) is 0 Å². The second-order valence-corrected chi connectivity index (χ2v) is 5.78. The Morgan fingerprint density at radius 1 is 1.61 bits per heavy atom. The van der Waals surface area contributed by atoms with E-state index in [1.165, 1.54) is 0 Å². The first-order valence-electron chi connectivity index (χ1n) is 5.10. The molecule has 0 amide bonds. The third-order valence-electron chi connectivity index (χ3n) is 2.60. The molecule has 0 bridgehead atoms. The van der Waals surface area contributed by atoms with Crippen molar-refractivity contribution in [2.24, 2.45) is 0 Å². The van der Waals surface area contributed by atoms with Crippen LogP contribution in [0, 0.1) is 0 Å². The highest BCUT2D eigenvalue weighted by atomic mass is 32.2. The lowest BCUT2D eigenvalue weighted by Crippen LogP contribution is -2.31. The van der Waals surface area contributed by atoms with Crippen LogP contribution in [-0.2, 0) is 21.2 Å². The zero-order valence-corrected chi connectivity index (χ0v) is 10.3. The number of carboxylic acids is 1. The van der Waals surface area contributed by atoms with Crippen molar-refractivity contribution in [3.8, 4) is 0 Å². The predicted octanol–water partition coefficient (Wildman–Crippen LogP) is -0.813. The zero-order valence-electron chi connectivity index (χ0n) is 9.45. The minimum Gasteiger partial charge on any atom is -0.480 e. The second-order valence-electron chi connectivity index (χ2n) is 4.03. The van der Waals surface area contributed by atoms with Gasteiger partial charge in [-0.3, -0.25) is 14.1 Å². The molecule has 98 valence electrons. The van der Waals surface area contributed by atoms with Crippen LogP contribution < -0.4 is 10.3 Å². The Morgan fingerprint density at radius 3 is 2.83 bits per heavy atom. The summed E-state index contributed by atoms with van der Waals surface area (Å²) in [6.07, 6.45) is 2.67. The number of aliphatic carboxylic acids is 1. The quantitative estimate of drug-likeness (QED) is 0.743. The zero-order chi connectivity index (χ0) is 13.5. The van der Waals surface area contributed by atoms with Gasteiger partial charge in [0.25, 0.3) is 5.56 Å². The van der Waals surface area contributed by atoms with Gasteiger partial charge in [0.2, 0.25) is 10.0 Å². The average molecular weight is 273 g/mol. The maximum Gasteiger partial charge on any atom is 0.326 e. The lowest BCUT2D eigenvalue weighted by atomic mass is 10.2. The molecule has 0 radical (unpaired) electrons. The van der Waals surface area contributed by atoms with Crippen LogP contribution in [0.25, 0.3) is 0 Å². The Morgan fingerprint density at radius 2 is 2.28 bits per heavy atom. The number of nitrogens with one attached hydrogen (secondary N) is 1. The highest BCUT2D eigenvalue weighted by molar-refractivity contribution is 7.92. The minimum atomic E-state index is -3.61. The molecule has 1 aliphatic heterocycles. The van der Waals surface area contributed by atoms with E-state index >= 15 is 0 Å². The van der Waals surface area contributed by atoms with Crippen molar-refractivity contribution in [1.82, 2.24) is 9.55 Å². The van der Waals surface area contributed by atoms with Crippen LogP contribution in [0.4, 0.5) is 5.69 Å². The normalized spacial score (nSPS) is 18.4. The van der Waals surface area contributed by atoms with Gasteiger partial charge in [-0.05, 0) is 6.42 Å². The fourth-order valence-electron chi connectivity index (χ4n) is 1.91. The largest absolute Gasteiger partial charge is 0.480 e. The summed E-state index contributed by atoms with van der Waals surface area (Å²) in [6.45, 7) is 0. The van der Waals surface area contributed by atoms with Gasteiger partial charge in [-0.2, -0.15) is 0 Å². The van der Waals surface area contributed by atoms with E-state index in [0.717, 1.165) is 17.0 Å². The molecule has 1 aromatic rings. The van der Waals surface area contributed by atoms with Crippen LogP contribution in [0.15, 0.2) is 11.0 Å². The van der Waals surface area contributed by atoms with Crippen molar-refractivity contribution in [2.75, 3.05) is 11.0 Å². The van der Waals surface area contributed by atoms with E-state index in [2.05, 4.69) is 4.98 Å². The molecule has 8 nitrogen and oxygen atoms in total. The van der Waals surface area contributed by atoms with E-state index in [1.807, 2.05) is 4.72 Å². The Bertz CT molecular complexity index is 663. The minimum absolute atomic E-state index is 0.241. The highest BCUT2D eigenvalue weighted by Gasteiger charge is 2.31. The van der Waals surface area contributed by atoms with Gasteiger partial charge >= 0.3 is 5.97 Å². The standard InChI is InChI=1S/C9H11N3O5S/c1-18(16,17)11-5-4-10-7-3-2-6(9(14)15)12(7)8(5)13/h4,6,11H,2-3H2,1H3,(H,14,15)/t6-/m0/s1. The van der Waals surface area contributed by atoms with Gasteiger partial charge in [-0.15, -0.1) is 0 Å². The van der Waals surface area contributed by atoms with Gasteiger partial charge in [0, 0.05) is 6.42 Å². The molecule has 0 saturated heterocycles. The molecular weight excluding hydrogens is 262 g/mol.